The van der Waals surface area contributed by atoms with E-state index in [9.17, 15) is 0 Å². The van der Waals surface area contributed by atoms with E-state index in [1.54, 1.807) is 12.4 Å². The zero-order valence-electron chi connectivity index (χ0n) is 9.39. The van der Waals surface area contributed by atoms with Crippen LogP contribution in [0, 0.1) is 0 Å². The summed E-state index contributed by atoms with van der Waals surface area (Å²) in [4.78, 5) is 12.9. The lowest BCUT2D eigenvalue weighted by molar-refractivity contribution is 0.279. The van der Waals surface area contributed by atoms with E-state index < -0.39 is 0 Å². The molecule has 0 spiro atoms. The highest BCUT2D eigenvalue weighted by molar-refractivity contribution is 9.10. The third-order valence-corrected chi connectivity index (χ3v) is 2.89. The number of rotatable bonds is 3. The van der Waals surface area contributed by atoms with Crippen LogP contribution in [0.3, 0.4) is 0 Å². The first-order chi connectivity index (χ1) is 8.24. The van der Waals surface area contributed by atoms with Crippen LogP contribution in [-0.4, -0.2) is 20.1 Å². The summed E-state index contributed by atoms with van der Waals surface area (Å²) in [6.45, 7) is 1.97. The highest BCUT2D eigenvalue weighted by atomic mass is 79.9. The number of aryl methyl sites for hydroxylation is 1. The van der Waals surface area contributed by atoms with E-state index in [0.29, 0.717) is 5.82 Å². The van der Waals surface area contributed by atoms with Gasteiger partial charge < -0.3 is 5.11 Å². The van der Waals surface area contributed by atoms with Gasteiger partial charge in [-0.15, -0.1) is 0 Å². The molecule has 0 bridgehead atoms. The standard InChI is InChI=1S/C12H12BrN3O/c1-2-10-8(7-17)5-15-12(16-10)11-4-3-9(13)6-14-11/h3-6,17H,2,7H2,1H3. The lowest BCUT2D eigenvalue weighted by atomic mass is 10.2. The molecule has 88 valence electrons. The number of nitrogens with zero attached hydrogens (tertiary/aromatic N) is 3. The van der Waals surface area contributed by atoms with Crippen LogP contribution in [0.25, 0.3) is 11.5 Å². The average molecular weight is 294 g/mol. The molecule has 2 rings (SSSR count). The maximum Gasteiger partial charge on any atom is 0.178 e. The number of pyridine rings is 1. The smallest absolute Gasteiger partial charge is 0.178 e. The Hall–Kier alpha value is -1.33. The average Bonchev–Trinajstić information content (AvgIpc) is 2.39. The lowest BCUT2D eigenvalue weighted by Gasteiger charge is -2.06. The number of aromatic nitrogens is 3. The first-order valence-corrected chi connectivity index (χ1v) is 6.11. The molecule has 0 atom stereocenters. The highest BCUT2D eigenvalue weighted by Crippen LogP contribution is 2.17. The molecule has 0 aliphatic rings. The molecule has 2 heterocycles. The third kappa shape index (κ3) is 2.68. The van der Waals surface area contributed by atoms with Gasteiger partial charge in [-0.1, -0.05) is 6.92 Å². The summed E-state index contributed by atoms with van der Waals surface area (Å²) < 4.78 is 0.920. The maximum atomic E-state index is 9.15. The minimum absolute atomic E-state index is 0.0305. The van der Waals surface area contributed by atoms with Gasteiger partial charge in [0.2, 0.25) is 0 Å². The second-order valence-electron chi connectivity index (χ2n) is 3.54. The predicted molar refractivity (Wildman–Crippen MR) is 68.3 cm³/mol. The molecule has 0 amide bonds. The summed E-state index contributed by atoms with van der Waals surface area (Å²) in [7, 11) is 0. The van der Waals surface area contributed by atoms with Gasteiger partial charge in [-0.2, -0.15) is 0 Å². The summed E-state index contributed by atoms with van der Waals surface area (Å²) in [5.74, 6) is 0.589. The van der Waals surface area contributed by atoms with Crippen LogP contribution in [-0.2, 0) is 13.0 Å². The molecule has 0 unspecified atom stereocenters. The number of aliphatic hydroxyl groups is 1. The van der Waals surface area contributed by atoms with Crippen molar-refractivity contribution in [3.05, 3.63) is 40.3 Å². The molecule has 0 aromatic carbocycles. The quantitative estimate of drug-likeness (QED) is 0.944. The molecule has 1 N–H and O–H groups in total. The Morgan fingerprint density at radius 2 is 2.06 bits per heavy atom. The largest absolute Gasteiger partial charge is 0.392 e. The second-order valence-corrected chi connectivity index (χ2v) is 4.45. The van der Waals surface area contributed by atoms with Crippen LogP contribution in [0.5, 0.6) is 0 Å². The van der Waals surface area contributed by atoms with Gasteiger partial charge in [-0.3, -0.25) is 4.98 Å². The summed E-state index contributed by atoms with van der Waals surface area (Å²) in [5, 5.41) is 9.15. The van der Waals surface area contributed by atoms with Gasteiger partial charge in [0.05, 0.1) is 6.61 Å². The van der Waals surface area contributed by atoms with E-state index in [0.717, 1.165) is 27.8 Å². The zero-order valence-corrected chi connectivity index (χ0v) is 11.0. The number of halogens is 1. The third-order valence-electron chi connectivity index (χ3n) is 2.42. The Morgan fingerprint density at radius 3 is 2.65 bits per heavy atom. The fourth-order valence-electron chi connectivity index (χ4n) is 1.51. The molecular weight excluding hydrogens is 282 g/mol. The van der Waals surface area contributed by atoms with E-state index >= 15 is 0 Å². The van der Waals surface area contributed by atoms with Crippen molar-refractivity contribution in [2.75, 3.05) is 0 Å². The van der Waals surface area contributed by atoms with Gasteiger partial charge >= 0.3 is 0 Å². The van der Waals surface area contributed by atoms with Gasteiger partial charge in [0.15, 0.2) is 5.82 Å². The van der Waals surface area contributed by atoms with Crippen molar-refractivity contribution in [2.45, 2.75) is 20.0 Å². The summed E-state index contributed by atoms with van der Waals surface area (Å²) >= 11 is 3.33. The van der Waals surface area contributed by atoms with Crippen LogP contribution in [0.4, 0.5) is 0 Å². The molecule has 17 heavy (non-hydrogen) atoms. The fraction of sp³-hybridized carbons (Fsp3) is 0.250. The van der Waals surface area contributed by atoms with Gasteiger partial charge in [-0.25, -0.2) is 9.97 Å². The van der Waals surface area contributed by atoms with Crippen molar-refractivity contribution in [3.63, 3.8) is 0 Å². The molecule has 4 nitrogen and oxygen atoms in total. The Bertz CT molecular complexity index is 514. The van der Waals surface area contributed by atoms with E-state index in [1.165, 1.54) is 0 Å². The van der Waals surface area contributed by atoms with E-state index in [1.807, 2.05) is 19.1 Å². The van der Waals surface area contributed by atoms with Gasteiger partial charge in [0.25, 0.3) is 0 Å². The molecule has 0 fully saturated rings. The van der Waals surface area contributed by atoms with Crippen LogP contribution in [0.2, 0.25) is 0 Å². The van der Waals surface area contributed by atoms with Crippen molar-refractivity contribution >= 4 is 15.9 Å². The lowest BCUT2D eigenvalue weighted by Crippen LogP contribution is -2.01. The molecule has 0 radical (unpaired) electrons. The van der Waals surface area contributed by atoms with E-state index in [-0.39, 0.29) is 6.61 Å². The summed E-state index contributed by atoms with van der Waals surface area (Å²) in [5.41, 5.74) is 2.36. The Morgan fingerprint density at radius 1 is 1.24 bits per heavy atom. The first kappa shape index (κ1) is 12.1. The topological polar surface area (TPSA) is 58.9 Å². The van der Waals surface area contributed by atoms with E-state index in [2.05, 4.69) is 30.9 Å². The maximum absolute atomic E-state index is 9.15. The molecule has 0 saturated carbocycles. The normalized spacial score (nSPS) is 10.5. The highest BCUT2D eigenvalue weighted by Gasteiger charge is 2.07. The van der Waals surface area contributed by atoms with Crippen LogP contribution in [0.15, 0.2) is 29.0 Å². The van der Waals surface area contributed by atoms with Gasteiger partial charge in [0, 0.05) is 28.1 Å². The SMILES string of the molecule is CCc1nc(-c2ccc(Br)cn2)ncc1CO. The van der Waals surface area contributed by atoms with Crippen molar-refractivity contribution < 1.29 is 5.11 Å². The minimum Gasteiger partial charge on any atom is -0.392 e. The number of hydrogen-bond acceptors (Lipinski definition) is 4. The second kappa shape index (κ2) is 5.33. The minimum atomic E-state index is -0.0305. The number of hydrogen-bond donors (Lipinski definition) is 1. The van der Waals surface area contributed by atoms with Crippen molar-refractivity contribution in [1.82, 2.24) is 15.0 Å². The fourth-order valence-corrected chi connectivity index (χ4v) is 1.75. The molecular formula is C12H12BrN3O. The molecule has 5 heteroatoms. The van der Waals surface area contributed by atoms with Crippen molar-refractivity contribution in [2.24, 2.45) is 0 Å². The van der Waals surface area contributed by atoms with Crippen LogP contribution in [0.1, 0.15) is 18.2 Å². The molecule has 0 aliphatic heterocycles. The molecule has 2 aromatic rings. The van der Waals surface area contributed by atoms with Crippen molar-refractivity contribution in [1.29, 1.82) is 0 Å². The molecule has 0 aliphatic carbocycles. The summed E-state index contributed by atoms with van der Waals surface area (Å²) in [6.07, 6.45) is 4.14. The monoisotopic (exact) mass is 293 g/mol. The molecule has 0 saturated heterocycles. The van der Waals surface area contributed by atoms with Crippen molar-refractivity contribution in [3.8, 4) is 11.5 Å². The predicted octanol–water partition coefficient (Wildman–Crippen LogP) is 2.36. The van der Waals surface area contributed by atoms with Gasteiger partial charge in [0.1, 0.15) is 5.69 Å². The van der Waals surface area contributed by atoms with Gasteiger partial charge in [-0.05, 0) is 34.5 Å². The van der Waals surface area contributed by atoms with Crippen LogP contribution >= 0.6 is 15.9 Å². The summed E-state index contributed by atoms with van der Waals surface area (Å²) in [6, 6.07) is 3.76. The molecule has 2 aromatic heterocycles. The number of aliphatic hydroxyl groups excluding tert-OH is 1. The van der Waals surface area contributed by atoms with Crippen LogP contribution < -0.4 is 0 Å². The zero-order chi connectivity index (χ0) is 12.3. The van der Waals surface area contributed by atoms with E-state index in [4.69, 9.17) is 5.11 Å². The Labute approximate surface area is 108 Å². The Kier molecular flexibility index (Phi) is 3.81. The first-order valence-electron chi connectivity index (χ1n) is 5.32. The Balaban J connectivity index is 2.42.